The van der Waals surface area contributed by atoms with Gasteiger partial charge in [-0.15, -0.1) is 0 Å². The third-order valence-corrected chi connectivity index (χ3v) is 4.80. The highest BCUT2D eigenvalue weighted by Gasteiger charge is 2.31. The van der Waals surface area contributed by atoms with Gasteiger partial charge < -0.3 is 20.9 Å². The lowest BCUT2D eigenvalue weighted by Crippen LogP contribution is -2.49. The molecule has 22 heavy (non-hydrogen) atoms. The molecule has 1 fully saturated rings. The molecular weight excluding hydrogens is 284 g/mol. The molecule has 3 rings (SSSR count). The lowest BCUT2D eigenvalue weighted by molar-refractivity contribution is 0.0987. The first kappa shape index (κ1) is 14.8. The maximum absolute atomic E-state index is 11.4. The van der Waals surface area contributed by atoms with Crippen LogP contribution in [0, 0.1) is 0 Å². The minimum absolute atomic E-state index is 0.329. The van der Waals surface area contributed by atoms with Crippen LogP contribution in [-0.2, 0) is 20.0 Å². The second-order valence-corrected chi connectivity index (χ2v) is 6.03. The van der Waals surface area contributed by atoms with E-state index in [1.807, 2.05) is 11.6 Å². The largest absolute Gasteiger partial charge is 0.363 e. The number of aromatic nitrogens is 2. The van der Waals surface area contributed by atoms with Crippen molar-refractivity contribution in [2.75, 3.05) is 19.6 Å². The molecule has 0 unspecified atom stereocenters. The van der Waals surface area contributed by atoms with Crippen LogP contribution in [0.1, 0.15) is 34.8 Å². The minimum Gasteiger partial charge on any atom is -0.363 e. The zero-order valence-electron chi connectivity index (χ0n) is 12.8. The van der Waals surface area contributed by atoms with Gasteiger partial charge in [0.1, 0.15) is 0 Å². The normalized spacial score (nSPS) is 20.0. The molecule has 4 N–H and O–H groups in total. The van der Waals surface area contributed by atoms with Gasteiger partial charge in [0, 0.05) is 51.4 Å². The van der Waals surface area contributed by atoms with E-state index in [-0.39, 0.29) is 6.03 Å². The van der Waals surface area contributed by atoms with Crippen molar-refractivity contribution in [1.29, 1.82) is 0 Å². The highest BCUT2D eigenvalue weighted by molar-refractivity contribution is 5.89. The number of amides is 3. The van der Waals surface area contributed by atoms with Gasteiger partial charge in [-0.3, -0.25) is 9.69 Å². The van der Waals surface area contributed by atoms with Crippen LogP contribution in [0.15, 0.2) is 0 Å². The van der Waals surface area contributed by atoms with Crippen LogP contribution >= 0.6 is 0 Å². The predicted molar refractivity (Wildman–Crippen MR) is 80.0 cm³/mol. The number of carbonyl (C=O) groups is 2. The van der Waals surface area contributed by atoms with Crippen LogP contribution in [0.4, 0.5) is 4.79 Å². The van der Waals surface area contributed by atoms with Crippen LogP contribution < -0.4 is 11.5 Å². The van der Waals surface area contributed by atoms with Gasteiger partial charge >= 0.3 is 6.03 Å². The van der Waals surface area contributed by atoms with Gasteiger partial charge in [-0.25, -0.2) is 9.78 Å². The van der Waals surface area contributed by atoms with Crippen molar-refractivity contribution in [3.05, 3.63) is 17.2 Å². The number of hydrogen-bond donors (Lipinski definition) is 2. The summed E-state index contributed by atoms with van der Waals surface area (Å²) in [5, 5.41) is 0. The predicted octanol–water partition coefficient (Wildman–Crippen LogP) is -0.580. The molecule has 2 aliphatic rings. The van der Waals surface area contributed by atoms with Crippen LogP contribution in [0.3, 0.4) is 0 Å². The first-order valence-electron chi connectivity index (χ1n) is 7.60. The highest BCUT2D eigenvalue weighted by atomic mass is 16.2. The van der Waals surface area contributed by atoms with Crippen molar-refractivity contribution in [3.63, 3.8) is 0 Å². The molecule has 0 bridgehead atoms. The molecule has 8 nitrogen and oxygen atoms in total. The Balaban J connectivity index is 1.69. The van der Waals surface area contributed by atoms with Gasteiger partial charge in [-0.1, -0.05) is 0 Å². The third kappa shape index (κ3) is 2.54. The topological polar surface area (TPSA) is 110 Å². The van der Waals surface area contributed by atoms with E-state index in [1.54, 1.807) is 4.90 Å². The number of fused-ring (bicyclic) bond motifs is 1. The van der Waals surface area contributed by atoms with Crippen molar-refractivity contribution in [2.24, 2.45) is 18.5 Å². The Bertz CT molecular complexity index is 603. The SMILES string of the molecule is Cn1c(C(N)=O)nc2c1CCN(C1CCN(C(N)=O)CC1)C2. The molecule has 2 aliphatic heterocycles. The molecule has 8 heteroatoms. The van der Waals surface area contributed by atoms with Gasteiger partial charge in [0.15, 0.2) is 5.82 Å². The Morgan fingerprint density at radius 3 is 2.45 bits per heavy atom. The maximum Gasteiger partial charge on any atom is 0.314 e. The molecule has 0 aliphatic carbocycles. The molecule has 1 aromatic heterocycles. The number of piperidine rings is 1. The highest BCUT2D eigenvalue weighted by Crippen LogP contribution is 2.25. The summed E-state index contributed by atoms with van der Waals surface area (Å²) in [6.45, 7) is 3.08. The van der Waals surface area contributed by atoms with Gasteiger partial charge in [0.25, 0.3) is 5.91 Å². The van der Waals surface area contributed by atoms with E-state index < -0.39 is 5.91 Å². The molecular formula is C14H22N6O2. The standard InChI is InChI=1S/C14H22N6O2/c1-18-11-4-7-20(8-10(11)17-13(18)12(15)21)9-2-5-19(6-3-9)14(16)22/h9H,2-8H2,1H3,(H2,15,21)(H2,16,22). The second kappa shape index (κ2) is 5.60. The van der Waals surface area contributed by atoms with Crippen LogP contribution in [0.5, 0.6) is 0 Å². The quantitative estimate of drug-likeness (QED) is 0.761. The van der Waals surface area contributed by atoms with Gasteiger partial charge in [-0.05, 0) is 12.8 Å². The number of nitrogens with zero attached hydrogens (tertiary/aromatic N) is 4. The Morgan fingerprint density at radius 1 is 1.18 bits per heavy atom. The van der Waals surface area contributed by atoms with Crippen molar-refractivity contribution in [1.82, 2.24) is 19.4 Å². The molecule has 3 amide bonds. The lowest BCUT2D eigenvalue weighted by atomic mass is 10.0. The number of nitrogens with two attached hydrogens (primary N) is 2. The molecule has 0 aromatic carbocycles. The zero-order valence-corrected chi connectivity index (χ0v) is 12.8. The smallest absolute Gasteiger partial charge is 0.314 e. The number of primary amides is 2. The molecule has 3 heterocycles. The summed E-state index contributed by atoms with van der Waals surface area (Å²) in [5.41, 5.74) is 12.7. The number of imidazole rings is 1. The van der Waals surface area contributed by atoms with Gasteiger partial charge in [0.05, 0.1) is 5.69 Å². The maximum atomic E-state index is 11.4. The Morgan fingerprint density at radius 2 is 1.86 bits per heavy atom. The average molecular weight is 306 g/mol. The van der Waals surface area contributed by atoms with E-state index in [0.717, 1.165) is 43.7 Å². The Labute approximate surface area is 129 Å². The number of rotatable bonds is 2. The first-order chi connectivity index (χ1) is 10.5. The molecule has 120 valence electrons. The van der Waals surface area contributed by atoms with E-state index in [9.17, 15) is 9.59 Å². The van der Waals surface area contributed by atoms with E-state index in [2.05, 4.69) is 9.88 Å². The molecule has 1 saturated heterocycles. The summed E-state index contributed by atoms with van der Waals surface area (Å²) in [6, 6.07) is 0.0954. The summed E-state index contributed by atoms with van der Waals surface area (Å²) >= 11 is 0. The molecule has 0 saturated carbocycles. The molecule has 0 atom stereocenters. The fourth-order valence-corrected chi connectivity index (χ4v) is 3.53. The molecule has 1 aromatic rings. The zero-order chi connectivity index (χ0) is 15.9. The first-order valence-corrected chi connectivity index (χ1v) is 7.60. The lowest BCUT2D eigenvalue weighted by Gasteiger charge is -2.39. The van der Waals surface area contributed by atoms with Gasteiger partial charge in [0.2, 0.25) is 0 Å². The minimum atomic E-state index is -0.488. The van der Waals surface area contributed by atoms with E-state index in [0.29, 0.717) is 25.0 Å². The van der Waals surface area contributed by atoms with Crippen molar-refractivity contribution in [3.8, 4) is 0 Å². The van der Waals surface area contributed by atoms with E-state index >= 15 is 0 Å². The van der Waals surface area contributed by atoms with Crippen molar-refractivity contribution in [2.45, 2.75) is 31.8 Å². The molecule has 0 radical (unpaired) electrons. The van der Waals surface area contributed by atoms with Crippen molar-refractivity contribution >= 4 is 11.9 Å². The van der Waals surface area contributed by atoms with E-state index in [4.69, 9.17) is 11.5 Å². The number of hydrogen-bond acceptors (Lipinski definition) is 4. The Hall–Kier alpha value is -2.09. The van der Waals surface area contributed by atoms with Gasteiger partial charge in [-0.2, -0.15) is 0 Å². The number of carbonyl (C=O) groups excluding carboxylic acids is 2. The van der Waals surface area contributed by atoms with Crippen molar-refractivity contribution < 1.29 is 9.59 Å². The summed E-state index contributed by atoms with van der Waals surface area (Å²) in [4.78, 5) is 31.1. The summed E-state index contributed by atoms with van der Waals surface area (Å²) < 4.78 is 1.81. The van der Waals surface area contributed by atoms with Crippen LogP contribution in [0.2, 0.25) is 0 Å². The Kier molecular flexibility index (Phi) is 3.78. The number of likely N-dealkylation sites (tertiary alicyclic amines) is 1. The summed E-state index contributed by atoms with van der Waals surface area (Å²) in [5.74, 6) is -0.159. The summed E-state index contributed by atoms with van der Waals surface area (Å²) in [7, 11) is 1.84. The van der Waals surface area contributed by atoms with E-state index in [1.165, 1.54) is 0 Å². The summed E-state index contributed by atoms with van der Waals surface area (Å²) in [6.07, 6.45) is 2.71. The fraction of sp³-hybridized carbons (Fsp3) is 0.643. The fourth-order valence-electron chi connectivity index (χ4n) is 3.53. The third-order valence-electron chi connectivity index (χ3n) is 4.80. The monoisotopic (exact) mass is 306 g/mol. The second-order valence-electron chi connectivity index (χ2n) is 6.03. The van der Waals surface area contributed by atoms with Crippen LogP contribution in [0.25, 0.3) is 0 Å². The number of urea groups is 1. The average Bonchev–Trinajstić information content (AvgIpc) is 2.84. The molecule has 0 spiro atoms. The van der Waals surface area contributed by atoms with Crippen LogP contribution in [-0.4, -0.2) is 57.0 Å².